The van der Waals surface area contributed by atoms with E-state index in [0.717, 1.165) is 30.4 Å². The van der Waals surface area contributed by atoms with Gasteiger partial charge in [-0.25, -0.2) is 4.98 Å². The Morgan fingerprint density at radius 3 is 2.89 bits per heavy atom. The van der Waals surface area contributed by atoms with E-state index in [2.05, 4.69) is 40.6 Å². The fraction of sp³-hybridized carbons (Fsp3) is 0.500. The molecule has 1 aromatic heterocycles. The molecule has 2 N–H and O–H groups in total. The van der Waals surface area contributed by atoms with Gasteiger partial charge in [0.2, 0.25) is 5.95 Å². The number of imidazole rings is 1. The van der Waals surface area contributed by atoms with Gasteiger partial charge in [-0.05, 0) is 38.9 Å². The van der Waals surface area contributed by atoms with Gasteiger partial charge >= 0.3 is 0 Å². The Bertz CT molecular complexity index is 560. The third kappa shape index (κ3) is 1.77. The zero-order valence-electron chi connectivity index (χ0n) is 11.0. The molecule has 0 saturated carbocycles. The quantitative estimate of drug-likeness (QED) is 0.837. The average Bonchev–Trinajstić information content (AvgIpc) is 2.69. The van der Waals surface area contributed by atoms with E-state index >= 15 is 0 Å². The molecule has 96 valence electrons. The molecule has 0 aliphatic carbocycles. The third-order valence-electron chi connectivity index (χ3n) is 4.17. The number of hydrogen-bond donors (Lipinski definition) is 1. The van der Waals surface area contributed by atoms with Crippen LogP contribution < -0.4 is 5.73 Å². The van der Waals surface area contributed by atoms with Crippen molar-refractivity contribution in [2.24, 2.45) is 0 Å². The predicted octanol–water partition coefficient (Wildman–Crippen LogP) is 2.27. The van der Waals surface area contributed by atoms with Crippen molar-refractivity contribution >= 4 is 17.0 Å². The van der Waals surface area contributed by atoms with Crippen molar-refractivity contribution in [1.29, 1.82) is 0 Å². The Kier molecular flexibility index (Phi) is 2.74. The molecule has 1 aromatic carbocycles. The van der Waals surface area contributed by atoms with Crippen LogP contribution in [0.15, 0.2) is 24.3 Å². The van der Waals surface area contributed by atoms with Crippen LogP contribution in [0.2, 0.25) is 0 Å². The molecule has 0 spiro atoms. The number of nitrogens with zero attached hydrogens (tertiary/aromatic N) is 3. The minimum atomic E-state index is 0.476. The Morgan fingerprint density at radius 2 is 2.11 bits per heavy atom. The molecule has 1 fully saturated rings. The van der Waals surface area contributed by atoms with Crippen LogP contribution >= 0.6 is 0 Å². The number of para-hydroxylation sites is 2. The lowest BCUT2D eigenvalue weighted by molar-refractivity contribution is 0.159. The standard InChI is InChI=1S/C14H20N4/c1-10-9-11(7-8-17(10)2)18-13-6-4-3-5-12(13)16-14(18)15/h3-6,10-11H,7-9H2,1-2H3,(H2,15,16). The summed E-state index contributed by atoms with van der Waals surface area (Å²) in [5.74, 6) is 0.651. The Labute approximate surface area is 107 Å². The smallest absolute Gasteiger partial charge is 0.201 e. The van der Waals surface area contributed by atoms with Crippen molar-refractivity contribution < 1.29 is 0 Å². The van der Waals surface area contributed by atoms with Gasteiger partial charge < -0.3 is 15.2 Å². The summed E-state index contributed by atoms with van der Waals surface area (Å²) in [6.07, 6.45) is 2.28. The number of piperidine rings is 1. The molecule has 18 heavy (non-hydrogen) atoms. The van der Waals surface area contributed by atoms with Crippen LogP contribution in [0.1, 0.15) is 25.8 Å². The first-order valence-corrected chi connectivity index (χ1v) is 6.59. The normalized spacial score (nSPS) is 25.7. The molecule has 2 aromatic rings. The molecule has 4 heteroatoms. The molecule has 2 atom stereocenters. The number of anilines is 1. The summed E-state index contributed by atoms with van der Waals surface area (Å²) < 4.78 is 2.22. The molecule has 1 aliphatic heterocycles. The van der Waals surface area contributed by atoms with Crippen LogP contribution in [0.25, 0.3) is 11.0 Å². The predicted molar refractivity (Wildman–Crippen MR) is 74.5 cm³/mol. The van der Waals surface area contributed by atoms with Crippen molar-refractivity contribution in [3.8, 4) is 0 Å². The van der Waals surface area contributed by atoms with Gasteiger partial charge in [-0.1, -0.05) is 12.1 Å². The first-order valence-electron chi connectivity index (χ1n) is 6.59. The number of likely N-dealkylation sites (tertiary alicyclic amines) is 1. The second-order valence-corrected chi connectivity index (χ2v) is 5.34. The second-order valence-electron chi connectivity index (χ2n) is 5.34. The van der Waals surface area contributed by atoms with Crippen molar-refractivity contribution in [3.63, 3.8) is 0 Å². The molecular weight excluding hydrogens is 224 g/mol. The second kappa shape index (κ2) is 4.28. The topological polar surface area (TPSA) is 47.1 Å². The van der Waals surface area contributed by atoms with Crippen LogP contribution in [-0.4, -0.2) is 34.1 Å². The van der Waals surface area contributed by atoms with Gasteiger partial charge in [-0.15, -0.1) is 0 Å². The van der Waals surface area contributed by atoms with Gasteiger partial charge in [-0.3, -0.25) is 0 Å². The maximum Gasteiger partial charge on any atom is 0.201 e. The summed E-state index contributed by atoms with van der Waals surface area (Å²) in [6, 6.07) is 9.28. The Balaban J connectivity index is 2.01. The van der Waals surface area contributed by atoms with E-state index in [1.807, 2.05) is 12.1 Å². The largest absolute Gasteiger partial charge is 0.369 e. The highest BCUT2D eigenvalue weighted by Gasteiger charge is 2.26. The first-order chi connectivity index (χ1) is 8.66. The van der Waals surface area contributed by atoms with Gasteiger partial charge in [0.1, 0.15) is 0 Å². The van der Waals surface area contributed by atoms with E-state index in [4.69, 9.17) is 5.73 Å². The average molecular weight is 244 g/mol. The zero-order chi connectivity index (χ0) is 12.7. The highest BCUT2D eigenvalue weighted by molar-refractivity contribution is 5.78. The number of fused-ring (bicyclic) bond motifs is 1. The van der Waals surface area contributed by atoms with E-state index in [1.54, 1.807) is 0 Å². The van der Waals surface area contributed by atoms with E-state index < -0.39 is 0 Å². The first kappa shape index (κ1) is 11.5. The van der Waals surface area contributed by atoms with E-state index in [0.29, 0.717) is 18.0 Å². The number of rotatable bonds is 1. The number of nitrogen functional groups attached to an aromatic ring is 1. The molecule has 4 nitrogen and oxygen atoms in total. The zero-order valence-corrected chi connectivity index (χ0v) is 11.0. The van der Waals surface area contributed by atoms with Gasteiger partial charge in [0, 0.05) is 18.6 Å². The fourth-order valence-corrected chi connectivity index (χ4v) is 2.95. The van der Waals surface area contributed by atoms with Crippen LogP contribution in [0.4, 0.5) is 5.95 Å². The summed E-state index contributed by atoms with van der Waals surface area (Å²) in [4.78, 5) is 6.87. The molecule has 2 unspecified atom stereocenters. The third-order valence-corrected chi connectivity index (χ3v) is 4.17. The maximum atomic E-state index is 6.10. The lowest BCUT2D eigenvalue weighted by Gasteiger charge is -2.36. The monoisotopic (exact) mass is 244 g/mol. The van der Waals surface area contributed by atoms with Gasteiger partial charge in [-0.2, -0.15) is 0 Å². The summed E-state index contributed by atoms with van der Waals surface area (Å²) >= 11 is 0. The minimum absolute atomic E-state index is 0.476. The van der Waals surface area contributed by atoms with Crippen LogP contribution in [0.5, 0.6) is 0 Å². The summed E-state index contributed by atoms with van der Waals surface area (Å²) in [6.45, 7) is 3.40. The minimum Gasteiger partial charge on any atom is -0.369 e. The van der Waals surface area contributed by atoms with Gasteiger partial charge in [0.05, 0.1) is 11.0 Å². The SMILES string of the molecule is CC1CC(n2c(N)nc3ccccc32)CCN1C. The van der Waals surface area contributed by atoms with Crippen LogP contribution in [-0.2, 0) is 0 Å². The Hall–Kier alpha value is -1.55. The van der Waals surface area contributed by atoms with E-state index in [1.165, 1.54) is 0 Å². The number of nitrogens with two attached hydrogens (primary N) is 1. The van der Waals surface area contributed by atoms with Crippen LogP contribution in [0, 0.1) is 0 Å². The van der Waals surface area contributed by atoms with E-state index in [-0.39, 0.29) is 0 Å². The van der Waals surface area contributed by atoms with Crippen molar-refractivity contribution in [2.45, 2.75) is 31.8 Å². The molecule has 0 radical (unpaired) electrons. The highest BCUT2D eigenvalue weighted by Crippen LogP contribution is 2.31. The molecule has 0 amide bonds. The van der Waals surface area contributed by atoms with Crippen molar-refractivity contribution in [2.75, 3.05) is 19.3 Å². The molecule has 3 rings (SSSR count). The summed E-state index contributed by atoms with van der Waals surface area (Å²) in [5, 5.41) is 0. The summed E-state index contributed by atoms with van der Waals surface area (Å²) in [5.41, 5.74) is 8.27. The molecule has 1 aliphatic rings. The number of benzene rings is 1. The maximum absolute atomic E-state index is 6.10. The molecular formula is C14H20N4. The molecule has 0 bridgehead atoms. The van der Waals surface area contributed by atoms with Gasteiger partial charge in [0.25, 0.3) is 0 Å². The number of hydrogen-bond acceptors (Lipinski definition) is 3. The number of aromatic nitrogens is 2. The van der Waals surface area contributed by atoms with E-state index in [9.17, 15) is 0 Å². The van der Waals surface area contributed by atoms with Gasteiger partial charge in [0.15, 0.2) is 0 Å². The molecule has 2 heterocycles. The summed E-state index contributed by atoms with van der Waals surface area (Å²) in [7, 11) is 2.19. The fourth-order valence-electron chi connectivity index (χ4n) is 2.95. The Morgan fingerprint density at radius 1 is 1.33 bits per heavy atom. The van der Waals surface area contributed by atoms with Crippen molar-refractivity contribution in [3.05, 3.63) is 24.3 Å². The molecule has 1 saturated heterocycles. The lowest BCUT2D eigenvalue weighted by Crippen LogP contribution is -2.38. The van der Waals surface area contributed by atoms with Crippen molar-refractivity contribution in [1.82, 2.24) is 14.5 Å². The lowest BCUT2D eigenvalue weighted by atomic mass is 9.98. The van der Waals surface area contributed by atoms with Crippen LogP contribution in [0.3, 0.4) is 0 Å². The highest BCUT2D eigenvalue weighted by atomic mass is 15.2.